The summed E-state index contributed by atoms with van der Waals surface area (Å²) in [6.45, 7) is 12.4. The first kappa shape index (κ1) is 16.0. The Kier molecular flexibility index (Phi) is 6.24. The van der Waals surface area contributed by atoms with Crippen LogP contribution in [-0.2, 0) is 10.2 Å². The maximum atomic E-state index is 11.5. The first-order chi connectivity index (χ1) is 7.86. The molecule has 1 aromatic heterocycles. The van der Waals surface area contributed by atoms with Crippen molar-refractivity contribution in [3.63, 3.8) is 0 Å². The van der Waals surface area contributed by atoms with Crippen LogP contribution in [0.4, 0.5) is 5.69 Å². The molecule has 0 aromatic carbocycles. The summed E-state index contributed by atoms with van der Waals surface area (Å²) in [7, 11) is 0. The van der Waals surface area contributed by atoms with Gasteiger partial charge < -0.3 is 10.5 Å². The van der Waals surface area contributed by atoms with Crippen molar-refractivity contribution < 1.29 is 9.53 Å². The van der Waals surface area contributed by atoms with Crippen molar-refractivity contribution in [1.29, 1.82) is 0 Å². The summed E-state index contributed by atoms with van der Waals surface area (Å²) in [4.78, 5) is 13.1. The van der Waals surface area contributed by atoms with Gasteiger partial charge in [0.1, 0.15) is 4.88 Å². The minimum atomic E-state index is -0.324. The van der Waals surface area contributed by atoms with Gasteiger partial charge in [-0.2, -0.15) is 0 Å². The molecule has 98 valence electrons. The van der Waals surface area contributed by atoms with E-state index in [4.69, 9.17) is 10.5 Å². The topological polar surface area (TPSA) is 52.3 Å². The van der Waals surface area contributed by atoms with Crippen molar-refractivity contribution in [3.8, 4) is 0 Å². The normalized spacial score (nSPS) is 10.5. The Morgan fingerprint density at radius 1 is 1.41 bits per heavy atom. The monoisotopic (exact) mass is 257 g/mol. The Balaban J connectivity index is 0.00000121. The Labute approximate surface area is 108 Å². The maximum absolute atomic E-state index is 11.5. The third kappa shape index (κ3) is 4.38. The zero-order chi connectivity index (χ0) is 13.6. The molecule has 1 heterocycles. The van der Waals surface area contributed by atoms with E-state index in [9.17, 15) is 4.79 Å². The summed E-state index contributed by atoms with van der Waals surface area (Å²) in [5.74, 6) is -0.324. The highest BCUT2D eigenvalue weighted by atomic mass is 32.1. The van der Waals surface area contributed by atoms with Gasteiger partial charge in [-0.15, -0.1) is 11.3 Å². The van der Waals surface area contributed by atoms with Crippen molar-refractivity contribution in [2.45, 2.75) is 47.0 Å². The lowest BCUT2D eigenvalue weighted by molar-refractivity contribution is 0.0533. The maximum Gasteiger partial charge on any atom is 0.350 e. The Morgan fingerprint density at radius 3 is 2.29 bits per heavy atom. The average Bonchev–Trinajstić information content (AvgIpc) is 2.63. The van der Waals surface area contributed by atoms with Crippen LogP contribution in [0.15, 0.2) is 6.07 Å². The van der Waals surface area contributed by atoms with E-state index in [1.807, 2.05) is 19.9 Å². The molecule has 1 rings (SSSR count). The van der Waals surface area contributed by atoms with Gasteiger partial charge in [0, 0.05) is 4.88 Å². The van der Waals surface area contributed by atoms with Crippen LogP contribution in [0.5, 0.6) is 0 Å². The molecule has 0 amide bonds. The van der Waals surface area contributed by atoms with Crippen LogP contribution in [0.3, 0.4) is 0 Å². The fraction of sp³-hybridized carbons (Fsp3) is 0.615. The molecule has 0 aliphatic heterocycles. The van der Waals surface area contributed by atoms with Gasteiger partial charge in [0.05, 0.1) is 12.3 Å². The van der Waals surface area contributed by atoms with E-state index in [1.165, 1.54) is 11.3 Å². The second kappa shape index (κ2) is 6.64. The summed E-state index contributed by atoms with van der Waals surface area (Å²) < 4.78 is 4.93. The number of thiophene rings is 1. The minimum Gasteiger partial charge on any atom is -0.462 e. The zero-order valence-electron chi connectivity index (χ0n) is 11.6. The van der Waals surface area contributed by atoms with Gasteiger partial charge in [0.15, 0.2) is 0 Å². The van der Waals surface area contributed by atoms with Crippen molar-refractivity contribution >= 4 is 23.0 Å². The molecule has 0 fully saturated rings. The number of nitrogens with two attached hydrogens (primary N) is 1. The van der Waals surface area contributed by atoms with Gasteiger partial charge in [-0.25, -0.2) is 4.79 Å². The zero-order valence-corrected chi connectivity index (χ0v) is 12.4. The Bertz CT molecular complexity index is 364. The molecule has 17 heavy (non-hydrogen) atoms. The van der Waals surface area contributed by atoms with Gasteiger partial charge in [-0.3, -0.25) is 0 Å². The predicted molar refractivity (Wildman–Crippen MR) is 74.7 cm³/mol. The SMILES string of the molecule is CC.CCOC(=O)c1sc(C(C)(C)C)cc1N. The number of carbonyl (C=O) groups excluding carboxylic acids is 1. The number of anilines is 1. The largest absolute Gasteiger partial charge is 0.462 e. The molecule has 2 N–H and O–H groups in total. The first-order valence-corrected chi connectivity index (χ1v) is 6.74. The molecule has 0 saturated carbocycles. The number of esters is 1. The van der Waals surface area contributed by atoms with E-state index < -0.39 is 0 Å². The van der Waals surface area contributed by atoms with Crippen LogP contribution >= 0.6 is 11.3 Å². The molecule has 0 spiro atoms. The van der Waals surface area contributed by atoms with E-state index in [-0.39, 0.29) is 11.4 Å². The Hall–Kier alpha value is -1.03. The number of ether oxygens (including phenoxy) is 1. The average molecular weight is 257 g/mol. The van der Waals surface area contributed by atoms with E-state index in [0.717, 1.165) is 4.88 Å². The number of nitrogen functional groups attached to an aromatic ring is 1. The fourth-order valence-corrected chi connectivity index (χ4v) is 2.16. The summed E-state index contributed by atoms with van der Waals surface area (Å²) in [6, 6.07) is 1.86. The van der Waals surface area contributed by atoms with Crippen LogP contribution < -0.4 is 5.73 Å². The predicted octanol–water partition coefficient (Wildman–Crippen LogP) is 3.83. The highest BCUT2D eigenvalue weighted by Gasteiger charge is 2.22. The molecular weight excluding hydrogens is 234 g/mol. The van der Waals surface area contributed by atoms with Crippen molar-refractivity contribution in [1.82, 2.24) is 0 Å². The lowest BCUT2D eigenvalue weighted by Gasteiger charge is -2.14. The summed E-state index contributed by atoms with van der Waals surface area (Å²) >= 11 is 1.41. The molecule has 0 aliphatic carbocycles. The highest BCUT2D eigenvalue weighted by Crippen LogP contribution is 2.34. The summed E-state index contributed by atoms with van der Waals surface area (Å²) in [5, 5.41) is 0. The number of hydrogen-bond donors (Lipinski definition) is 1. The van der Waals surface area contributed by atoms with Crippen LogP contribution in [0.2, 0.25) is 0 Å². The summed E-state index contributed by atoms with van der Waals surface area (Å²) in [5.41, 5.74) is 6.31. The van der Waals surface area contributed by atoms with Crippen molar-refractivity contribution in [2.75, 3.05) is 12.3 Å². The van der Waals surface area contributed by atoms with E-state index >= 15 is 0 Å². The third-order valence-corrected chi connectivity index (χ3v) is 3.52. The standard InChI is InChI=1S/C11H17NO2S.C2H6/c1-5-14-10(13)9-7(12)6-8(15-9)11(2,3)4;1-2/h6H,5,12H2,1-4H3;1-2H3. The molecule has 0 saturated heterocycles. The van der Waals surface area contributed by atoms with Crippen molar-refractivity contribution in [3.05, 3.63) is 15.8 Å². The minimum absolute atomic E-state index is 0.0174. The molecule has 0 radical (unpaired) electrons. The molecule has 0 unspecified atom stereocenters. The quantitative estimate of drug-likeness (QED) is 0.819. The molecule has 1 aromatic rings. The van der Waals surface area contributed by atoms with E-state index in [1.54, 1.807) is 6.92 Å². The second-order valence-corrected chi connectivity index (χ2v) is 5.42. The van der Waals surface area contributed by atoms with Gasteiger partial charge in [-0.05, 0) is 18.4 Å². The van der Waals surface area contributed by atoms with Crippen LogP contribution in [-0.4, -0.2) is 12.6 Å². The van der Waals surface area contributed by atoms with Gasteiger partial charge in [0.25, 0.3) is 0 Å². The van der Waals surface area contributed by atoms with E-state index in [0.29, 0.717) is 17.2 Å². The number of hydrogen-bond acceptors (Lipinski definition) is 4. The Morgan fingerprint density at radius 2 is 1.94 bits per heavy atom. The highest BCUT2D eigenvalue weighted by molar-refractivity contribution is 7.14. The second-order valence-electron chi connectivity index (χ2n) is 4.37. The lowest BCUT2D eigenvalue weighted by atomic mass is 9.95. The smallest absolute Gasteiger partial charge is 0.350 e. The number of rotatable bonds is 2. The molecular formula is C13H23NO2S. The fourth-order valence-electron chi connectivity index (χ4n) is 1.13. The van der Waals surface area contributed by atoms with Crippen LogP contribution in [0.1, 0.15) is 56.1 Å². The van der Waals surface area contributed by atoms with Gasteiger partial charge in [0.2, 0.25) is 0 Å². The van der Waals surface area contributed by atoms with Crippen LogP contribution in [0.25, 0.3) is 0 Å². The van der Waals surface area contributed by atoms with Crippen molar-refractivity contribution in [2.24, 2.45) is 0 Å². The third-order valence-electron chi connectivity index (χ3n) is 1.96. The molecule has 4 heteroatoms. The van der Waals surface area contributed by atoms with Gasteiger partial charge >= 0.3 is 5.97 Å². The first-order valence-electron chi connectivity index (χ1n) is 5.93. The van der Waals surface area contributed by atoms with Gasteiger partial charge in [-0.1, -0.05) is 34.6 Å². The molecule has 3 nitrogen and oxygen atoms in total. The van der Waals surface area contributed by atoms with Crippen LogP contribution in [0, 0.1) is 0 Å². The molecule has 0 atom stereocenters. The molecule has 0 bridgehead atoms. The number of carbonyl (C=O) groups is 1. The van der Waals surface area contributed by atoms with E-state index in [2.05, 4.69) is 20.8 Å². The lowest BCUT2D eigenvalue weighted by Crippen LogP contribution is -2.08. The summed E-state index contributed by atoms with van der Waals surface area (Å²) in [6.07, 6.45) is 0. The molecule has 0 aliphatic rings.